The van der Waals surface area contributed by atoms with Crippen molar-refractivity contribution < 1.29 is 9.13 Å². The van der Waals surface area contributed by atoms with Crippen LogP contribution in [0.4, 0.5) is 10.2 Å². The predicted octanol–water partition coefficient (Wildman–Crippen LogP) is 3.35. The Bertz CT molecular complexity index is 710. The van der Waals surface area contributed by atoms with E-state index >= 15 is 0 Å². The minimum absolute atomic E-state index is 0.211. The smallest absolute Gasteiger partial charge is 0.128 e. The van der Waals surface area contributed by atoms with Crippen molar-refractivity contribution in [3.63, 3.8) is 0 Å². The highest BCUT2D eigenvalue weighted by atomic mass is 35.5. The van der Waals surface area contributed by atoms with Crippen LogP contribution in [0.5, 0.6) is 0 Å². The SMILES string of the molecule is Fc1ccc(CO[C@H]2C[C@H]3CN(c4ccc(Cl)cn4)CCN3C2)cc1. The van der Waals surface area contributed by atoms with Gasteiger partial charge in [0.25, 0.3) is 0 Å². The summed E-state index contributed by atoms with van der Waals surface area (Å²) in [6.45, 7) is 4.45. The summed E-state index contributed by atoms with van der Waals surface area (Å²) in [5.41, 5.74) is 1.01. The van der Waals surface area contributed by atoms with Crippen LogP contribution in [-0.4, -0.2) is 48.2 Å². The third-order valence-electron chi connectivity index (χ3n) is 5.01. The van der Waals surface area contributed by atoms with Gasteiger partial charge in [-0.25, -0.2) is 9.37 Å². The molecule has 0 saturated carbocycles. The van der Waals surface area contributed by atoms with Gasteiger partial charge in [-0.05, 0) is 36.2 Å². The monoisotopic (exact) mass is 361 g/mol. The molecule has 6 heteroatoms. The fourth-order valence-corrected chi connectivity index (χ4v) is 3.79. The van der Waals surface area contributed by atoms with Crippen LogP contribution < -0.4 is 4.90 Å². The topological polar surface area (TPSA) is 28.6 Å². The zero-order valence-electron chi connectivity index (χ0n) is 13.9. The number of ether oxygens (including phenoxy) is 1. The molecule has 1 aromatic carbocycles. The summed E-state index contributed by atoms with van der Waals surface area (Å²) in [6.07, 6.45) is 2.95. The lowest BCUT2D eigenvalue weighted by atomic mass is 10.1. The minimum atomic E-state index is -0.211. The highest BCUT2D eigenvalue weighted by Crippen LogP contribution is 2.27. The first-order chi connectivity index (χ1) is 12.2. The summed E-state index contributed by atoms with van der Waals surface area (Å²) in [4.78, 5) is 9.25. The molecule has 132 valence electrons. The van der Waals surface area contributed by atoms with Gasteiger partial charge in [0, 0.05) is 38.4 Å². The van der Waals surface area contributed by atoms with Gasteiger partial charge in [-0.3, -0.25) is 4.90 Å². The van der Waals surface area contributed by atoms with Crippen molar-refractivity contribution in [1.29, 1.82) is 0 Å². The maximum atomic E-state index is 13.0. The summed E-state index contributed by atoms with van der Waals surface area (Å²) < 4.78 is 19.0. The molecule has 2 aliphatic rings. The van der Waals surface area contributed by atoms with Gasteiger partial charge in [0.05, 0.1) is 17.7 Å². The Kier molecular flexibility index (Phi) is 4.88. The van der Waals surface area contributed by atoms with Crippen molar-refractivity contribution in [3.8, 4) is 0 Å². The summed E-state index contributed by atoms with van der Waals surface area (Å²) in [6, 6.07) is 10.9. The lowest BCUT2D eigenvalue weighted by Crippen LogP contribution is -2.50. The molecule has 0 unspecified atom stereocenters. The van der Waals surface area contributed by atoms with Gasteiger partial charge >= 0.3 is 0 Å². The molecule has 0 N–H and O–H groups in total. The molecule has 1 aromatic heterocycles. The summed E-state index contributed by atoms with van der Waals surface area (Å²) in [7, 11) is 0. The second-order valence-corrected chi connectivity index (χ2v) is 7.16. The van der Waals surface area contributed by atoms with Crippen LogP contribution in [0.3, 0.4) is 0 Å². The van der Waals surface area contributed by atoms with Gasteiger partial charge in [0.1, 0.15) is 11.6 Å². The van der Waals surface area contributed by atoms with Gasteiger partial charge in [-0.2, -0.15) is 0 Å². The zero-order chi connectivity index (χ0) is 17.2. The van der Waals surface area contributed by atoms with Crippen molar-refractivity contribution in [2.45, 2.75) is 25.2 Å². The van der Waals surface area contributed by atoms with Crippen molar-refractivity contribution in [2.24, 2.45) is 0 Å². The molecule has 2 fully saturated rings. The average Bonchev–Trinajstić information content (AvgIpc) is 3.04. The number of benzene rings is 1. The molecule has 0 radical (unpaired) electrons. The Morgan fingerprint density at radius 2 is 1.96 bits per heavy atom. The number of nitrogens with zero attached hydrogens (tertiary/aromatic N) is 3. The van der Waals surface area contributed by atoms with E-state index in [4.69, 9.17) is 16.3 Å². The number of hydrogen-bond acceptors (Lipinski definition) is 4. The van der Waals surface area contributed by atoms with Crippen molar-refractivity contribution >= 4 is 17.4 Å². The number of rotatable bonds is 4. The van der Waals surface area contributed by atoms with E-state index in [-0.39, 0.29) is 11.9 Å². The quantitative estimate of drug-likeness (QED) is 0.835. The number of piperazine rings is 1. The van der Waals surface area contributed by atoms with Crippen molar-refractivity contribution in [1.82, 2.24) is 9.88 Å². The Balaban J connectivity index is 1.32. The van der Waals surface area contributed by atoms with Crippen LogP contribution in [0, 0.1) is 5.82 Å². The van der Waals surface area contributed by atoms with E-state index in [0.717, 1.165) is 44.0 Å². The average molecular weight is 362 g/mol. The van der Waals surface area contributed by atoms with E-state index in [0.29, 0.717) is 17.7 Å². The fraction of sp³-hybridized carbons (Fsp3) is 0.421. The van der Waals surface area contributed by atoms with Crippen LogP contribution in [0.2, 0.25) is 5.02 Å². The predicted molar refractivity (Wildman–Crippen MR) is 96.4 cm³/mol. The van der Waals surface area contributed by atoms with E-state index < -0.39 is 0 Å². The summed E-state index contributed by atoms with van der Waals surface area (Å²) in [5, 5.41) is 0.664. The van der Waals surface area contributed by atoms with Gasteiger partial charge in [0.15, 0.2) is 0 Å². The molecule has 3 heterocycles. The maximum Gasteiger partial charge on any atom is 0.128 e. The first kappa shape index (κ1) is 16.8. The van der Waals surface area contributed by atoms with E-state index in [1.807, 2.05) is 12.1 Å². The Labute approximate surface area is 152 Å². The number of hydrogen-bond donors (Lipinski definition) is 0. The largest absolute Gasteiger partial charge is 0.372 e. The molecule has 4 rings (SSSR count). The van der Waals surface area contributed by atoms with E-state index in [1.54, 1.807) is 18.3 Å². The molecule has 0 amide bonds. The van der Waals surface area contributed by atoms with Crippen LogP contribution in [-0.2, 0) is 11.3 Å². The van der Waals surface area contributed by atoms with Crippen LogP contribution in [0.1, 0.15) is 12.0 Å². The molecule has 25 heavy (non-hydrogen) atoms. The van der Waals surface area contributed by atoms with Gasteiger partial charge in [-0.1, -0.05) is 23.7 Å². The highest BCUT2D eigenvalue weighted by molar-refractivity contribution is 6.30. The minimum Gasteiger partial charge on any atom is -0.372 e. The number of fused-ring (bicyclic) bond motifs is 1. The number of halogens is 2. The molecular weight excluding hydrogens is 341 g/mol. The highest BCUT2D eigenvalue weighted by Gasteiger charge is 2.36. The molecule has 0 bridgehead atoms. The maximum absolute atomic E-state index is 13.0. The normalized spacial score (nSPS) is 23.7. The van der Waals surface area contributed by atoms with Gasteiger partial charge in [-0.15, -0.1) is 0 Å². The molecule has 2 aromatic rings. The number of pyridine rings is 1. The molecule has 2 atom stereocenters. The van der Waals surface area contributed by atoms with Crippen LogP contribution in [0.25, 0.3) is 0 Å². The van der Waals surface area contributed by atoms with Crippen LogP contribution in [0.15, 0.2) is 42.6 Å². The van der Waals surface area contributed by atoms with Crippen molar-refractivity contribution in [2.75, 3.05) is 31.1 Å². The third-order valence-corrected chi connectivity index (χ3v) is 5.24. The van der Waals surface area contributed by atoms with Crippen molar-refractivity contribution in [3.05, 3.63) is 59.0 Å². The lowest BCUT2D eigenvalue weighted by Gasteiger charge is -2.37. The molecule has 4 nitrogen and oxygen atoms in total. The standard InChI is InChI=1S/C19H21ClFN3O/c20-15-3-6-19(22-10-15)24-8-7-23-12-18(9-17(23)11-24)25-13-14-1-4-16(21)5-2-14/h1-6,10,17-18H,7-9,11-13H2/t17-,18-/m0/s1. The fourth-order valence-electron chi connectivity index (χ4n) is 3.68. The van der Waals surface area contributed by atoms with E-state index in [2.05, 4.69) is 14.8 Å². The van der Waals surface area contributed by atoms with Crippen LogP contribution >= 0.6 is 11.6 Å². The summed E-state index contributed by atoms with van der Waals surface area (Å²) >= 11 is 5.93. The van der Waals surface area contributed by atoms with E-state index in [9.17, 15) is 4.39 Å². The lowest BCUT2D eigenvalue weighted by molar-refractivity contribution is 0.0469. The summed E-state index contributed by atoms with van der Waals surface area (Å²) in [5.74, 6) is 0.775. The molecule has 0 spiro atoms. The Morgan fingerprint density at radius 1 is 1.12 bits per heavy atom. The molecular formula is C19H21ClFN3O. The Morgan fingerprint density at radius 3 is 2.72 bits per heavy atom. The zero-order valence-corrected chi connectivity index (χ0v) is 14.7. The first-order valence-electron chi connectivity index (χ1n) is 8.64. The third kappa shape index (κ3) is 3.94. The van der Waals surface area contributed by atoms with Gasteiger partial charge in [0.2, 0.25) is 0 Å². The van der Waals surface area contributed by atoms with E-state index in [1.165, 1.54) is 12.1 Å². The first-order valence-corrected chi connectivity index (χ1v) is 9.02. The van der Waals surface area contributed by atoms with Gasteiger partial charge < -0.3 is 9.64 Å². The molecule has 0 aliphatic carbocycles. The Hall–Kier alpha value is -1.69. The second-order valence-electron chi connectivity index (χ2n) is 6.72. The second kappa shape index (κ2) is 7.28. The number of aromatic nitrogens is 1. The molecule has 2 saturated heterocycles. The molecule has 2 aliphatic heterocycles. The number of anilines is 1.